The van der Waals surface area contributed by atoms with Crippen LogP contribution in [0.2, 0.25) is 0 Å². The van der Waals surface area contributed by atoms with E-state index in [0.29, 0.717) is 35.3 Å². The zero-order chi connectivity index (χ0) is 23.7. The Balaban J connectivity index is 0.000000678. The highest BCUT2D eigenvalue weighted by Gasteiger charge is 2.19. The van der Waals surface area contributed by atoms with Gasteiger partial charge in [0.15, 0.2) is 12.1 Å². The zero-order valence-electron chi connectivity index (χ0n) is 19.9. The number of aliphatic hydroxyl groups is 1. The van der Waals surface area contributed by atoms with Crippen molar-refractivity contribution in [1.29, 1.82) is 0 Å². The average molecular weight is 475 g/mol. The number of para-hydroxylation sites is 1. The molecule has 1 saturated heterocycles. The fourth-order valence-electron chi connectivity index (χ4n) is 3.49. The molecule has 33 heavy (non-hydrogen) atoms. The summed E-state index contributed by atoms with van der Waals surface area (Å²) in [6.45, 7) is 3.12. The minimum Gasteiger partial charge on any atom is -0.464 e. The lowest BCUT2D eigenvalue weighted by atomic mass is 10.0. The molecule has 3 rings (SSSR count). The fourth-order valence-corrected chi connectivity index (χ4v) is 3.67. The summed E-state index contributed by atoms with van der Waals surface area (Å²) in [5.41, 5.74) is 1.10. The van der Waals surface area contributed by atoms with E-state index in [1.165, 1.54) is 44.9 Å². The van der Waals surface area contributed by atoms with Gasteiger partial charge in [-0.25, -0.2) is 0 Å². The molecular formula is C28H39ClO4. The van der Waals surface area contributed by atoms with Gasteiger partial charge in [-0.05, 0) is 18.6 Å². The maximum absolute atomic E-state index is 12.7. The van der Waals surface area contributed by atoms with Gasteiger partial charge in [0.05, 0.1) is 24.2 Å². The molecule has 0 aromatic heterocycles. The molecule has 0 aliphatic carbocycles. The summed E-state index contributed by atoms with van der Waals surface area (Å²) in [6.07, 6.45) is 11.3. The van der Waals surface area contributed by atoms with Crippen LogP contribution in [-0.2, 0) is 4.74 Å². The maximum Gasteiger partial charge on any atom is 0.197 e. The summed E-state index contributed by atoms with van der Waals surface area (Å²) in [5.74, 6) is 1.02. The minimum absolute atomic E-state index is 0.0912. The van der Waals surface area contributed by atoms with E-state index in [2.05, 4.69) is 6.92 Å². The molecule has 2 unspecified atom stereocenters. The second-order valence-corrected chi connectivity index (χ2v) is 8.80. The smallest absolute Gasteiger partial charge is 0.197 e. The summed E-state index contributed by atoms with van der Waals surface area (Å²) in [5, 5.41) is 10.2. The van der Waals surface area contributed by atoms with Gasteiger partial charge in [-0.1, -0.05) is 101 Å². The standard InChI is InChI=1S/C25H34O3.C3H5ClO/c1-2-3-4-5-6-7-8-9-13-20-24(26)28-23-19-15-14-18-22(23)25(27)21-16-11-10-12-17-21;4-1-3-2-5-3/h10-12,14-19,24,26H,2-9,13,20H2,1H3;3H,1-2H2. The molecule has 4 nitrogen and oxygen atoms in total. The van der Waals surface area contributed by atoms with Crippen LogP contribution in [0, 0.1) is 0 Å². The predicted octanol–water partition coefficient (Wildman–Crippen LogP) is 7.16. The van der Waals surface area contributed by atoms with Crippen LogP contribution in [0.1, 0.15) is 87.1 Å². The number of unbranched alkanes of at least 4 members (excludes halogenated alkanes) is 8. The fraction of sp³-hybridized carbons (Fsp3) is 0.536. The first kappa shape index (κ1) is 27.4. The van der Waals surface area contributed by atoms with Crippen LogP contribution in [-0.4, -0.2) is 35.8 Å². The number of carbonyl (C=O) groups is 1. The number of aliphatic hydroxyl groups excluding tert-OH is 1. The summed E-state index contributed by atoms with van der Waals surface area (Å²) >= 11 is 5.27. The molecule has 1 aliphatic rings. The Morgan fingerprint density at radius 1 is 0.970 bits per heavy atom. The monoisotopic (exact) mass is 474 g/mol. The Kier molecular flexibility index (Phi) is 13.8. The van der Waals surface area contributed by atoms with E-state index >= 15 is 0 Å². The largest absolute Gasteiger partial charge is 0.464 e. The van der Waals surface area contributed by atoms with Gasteiger partial charge in [0.1, 0.15) is 5.75 Å². The van der Waals surface area contributed by atoms with Gasteiger partial charge < -0.3 is 14.6 Å². The molecular weight excluding hydrogens is 436 g/mol. The molecule has 0 bridgehead atoms. The molecule has 182 valence electrons. The van der Waals surface area contributed by atoms with Crippen molar-refractivity contribution in [2.45, 2.75) is 83.5 Å². The van der Waals surface area contributed by atoms with E-state index in [1.54, 1.807) is 24.3 Å². The number of ketones is 1. The van der Waals surface area contributed by atoms with Gasteiger partial charge in [0, 0.05) is 12.0 Å². The minimum atomic E-state index is -0.880. The van der Waals surface area contributed by atoms with Gasteiger partial charge in [-0.3, -0.25) is 4.79 Å². The lowest BCUT2D eigenvalue weighted by molar-refractivity contribution is -0.0249. The van der Waals surface area contributed by atoms with Crippen molar-refractivity contribution in [2.75, 3.05) is 12.5 Å². The van der Waals surface area contributed by atoms with E-state index in [0.717, 1.165) is 19.4 Å². The van der Waals surface area contributed by atoms with E-state index in [-0.39, 0.29) is 5.78 Å². The molecule has 2 atom stereocenters. The molecule has 2 aromatic carbocycles. The Bertz CT molecular complexity index is 776. The molecule has 0 saturated carbocycles. The van der Waals surface area contributed by atoms with E-state index in [1.807, 2.05) is 30.3 Å². The first-order valence-electron chi connectivity index (χ1n) is 12.4. The predicted molar refractivity (Wildman–Crippen MR) is 135 cm³/mol. The van der Waals surface area contributed by atoms with Crippen LogP contribution < -0.4 is 4.74 Å². The van der Waals surface area contributed by atoms with Gasteiger partial charge in [-0.15, -0.1) is 11.6 Å². The summed E-state index contributed by atoms with van der Waals surface area (Å²) in [6, 6.07) is 16.3. The lowest BCUT2D eigenvalue weighted by Gasteiger charge is -2.16. The highest BCUT2D eigenvalue weighted by molar-refractivity contribution is 6.18. The number of alkyl halides is 1. The molecule has 5 heteroatoms. The van der Waals surface area contributed by atoms with Crippen LogP contribution >= 0.6 is 11.6 Å². The summed E-state index contributed by atoms with van der Waals surface area (Å²) < 4.78 is 10.4. The van der Waals surface area contributed by atoms with Crippen LogP contribution in [0.25, 0.3) is 0 Å². The normalized spacial score (nSPS) is 15.3. The topological polar surface area (TPSA) is 59.1 Å². The Morgan fingerprint density at radius 2 is 1.55 bits per heavy atom. The van der Waals surface area contributed by atoms with E-state index in [9.17, 15) is 9.90 Å². The molecule has 1 fully saturated rings. The van der Waals surface area contributed by atoms with Crippen molar-refractivity contribution in [1.82, 2.24) is 0 Å². The molecule has 0 spiro atoms. The third-order valence-electron chi connectivity index (χ3n) is 5.56. The number of hydrogen-bond donors (Lipinski definition) is 1. The molecule has 1 heterocycles. The summed E-state index contributed by atoms with van der Waals surface area (Å²) in [4.78, 5) is 12.7. The molecule has 0 radical (unpaired) electrons. The maximum atomic E-state index is 12.7. The number of halogens is 1. The van der Waals surface area contributed by atoms with Gasteiger partial charge >= 0.3 is 0 Å². The van der Waals surface area contributed by atoms with Crippen molar-refractivity contribution in [3.63, 3.8) is 0 Å². The zero-order valence-corrected chi connectivity index (χ0v) is 20.6. The Hall–Kier alpha value is -1.88. The second-order valence-electron chi connectivity index (χ2n) is 8.49. The second kappa shape index (κ2) is 16.7. The van der Waals surface area contributed by atoms with Crippen LogP contribution in [0.4, 0.5) is 0 Å². The SMILES string of the molecule is CCCCCCCCCCCC(O)Oc1ccccc1C(=O)c1ccccc1.ClCC1CO1. The van der Waals surface area contributed by atoms with E-state index < -0.39 is 6.29 Å². The van der Waals surface area contributed by atoms with Gasteiger partial charge in [0.2, 0.25) is 0 Å². The van der Waals surface area contributed by atoms with Crippen molar-refractivity contribution < 1.29 is 19.4 Å². The Morgan fingerprint density at radius 3 is 2.12 bits per heavy atom. The molecule has 1 N–H and O–H groups in total. The van der Waals surface area contributed by atoms with Crippen molar-refractivity contribution in [2.24, 2.45) is 0 Å². The number of ether oxygens (including phenoxy) is 2. The third kappa shape index (κ3) is 11.7. The summed E-state index contributed by atoms with van der Waals surface area (Å²) in [7, 11) is 0. The molecule has 1 aliphatic heterocycles. The highest BCUT2D eigenvalue weighted by atomic mass is 35.5. The number of carbonyl (C=O) groups excluding carboxylic acids is 1. The Labute approximate surface area is 204 Å². The first-order valence-corrected chi connectivity index (χ1v) is 12.9. The number of rotatable bonds is 15. The van der Waals surface area contributed by atoms with Crippen LogP contribution in [0.3, 0.4) is 0 Å². The van der Waals surface area contributed by atoms with Crippen LogP contribution in [0.5, 0.6) is 5.75 Å². The quantitative estimate of drug-likeness (QED) is 0.0977. The van der Waals surface area contributed by atoms with Crippen molar-refractivity contribution >= 4 is 17.4 Å². The van der Waals surface area contributed by atoms with Crippen LogP contribution in [0.15, 0.2) is 54.6 Å². The average Bonchev–Trinajstić information content (AvgIpc) is 3.69. The first-order chi connectivity index (χ1) is 16.2. The molecule has 2 aromatic rings. The molecule has 0 amide bonds. The van der Waals surface area contributed by atoms with E-state index in [4.69, 9.17) is 21.1 Å². The third-order valence-corrected chi connectivity index (χ3v) is 5.90. The lowest BCUT2D eigenvalue weighted by Crippen LogP contribution is -2.17. The van der Waals surface area contributed by atoms with Gasteiger partial charge in [0.25, 0.3) is 0 Å². The number of epoxide rings is 1. The number of hydrogen-bond acceptors (Lipinski definition) is 4. The van der Waals surface area contributed by atoms with Crippen molar-refractivity contribution in [3.8, 4) is 5.75 Å². The van der Waals surface area contributed by atoms with Gasteiger partial charge in [-0.2, -0.15) is 0 Å². The highest BCUT2D eigenvalue weighted by Crippen LogP contribution is 2.23. The van der Waals surface area contributed by atoms with Crippen molar-refractivity contribution in [3.05, 3.63) is 65.7 Å². The number of benzene rings is 2.